The number of aromatic amines is 1. The van der Waals surface area contributed by atoms with Crippen molar-refractivity contribution in [1.29, 1.82) is 0 Å². The molecule has 0 amide bonds. The molecule has 3 nitrogen and oxygen atoms in total. The second kappa shape index (κ2) is 4.13. The maximum atomic E-state index is 4.18. The normalized spacial score (nSPS) is 26.5. The molecule has 0 spiro atoms. The third kappa shape index (κ3) is 2.15. The molecule has 1 saturated carbocycles. The van der Waals surface area contributed by atoms with Crippen molar-refractivity contribution in [1.82, 2.24) is 15.3 Å². The zero-order chi connectivity index (χ0) is 9.97. The van der Waals surface area contributed by atoms with E-state index < -0.39 is 0 Å². The minimum atomic E-state index is 0.715. The number of imidazole rings is 1. The Labute approximate surface area is 85.3 Å². The van der Waals surface area contributed by atoms with Crippen LogP contribution in [0.4, 0.5) is 0 Å². The molecule has 1 heterocycles. The summed E-state index contributed by atoms with van der Waals surface area (Å²) in [6.07, 6.45) is 6.33. The van der Waals surface area contributed by atoms with Crippen LogP contribution in [0.15, 0.2) is 12.4 Å². The summed E-state index contributed by atoms with van der Waals surface area (Å²) < 4.78 is 0. The molecule has 0 radical (unpaired) electrons. The lowest BCUT2D eigenvalue weighted by Gasteiger charge is -2.38. The number of nitrogens with zero attached hydrogens (tertiary/aromatic N) is 1. The predicted molar refractivity (Wildman–Crippen MR) is 56.8 cm³/mol. The molecule has 3 heteroatoms. The summed E-state index contributed by atoms with van der Waals surface area (Å²) in [5.74, 6) is 2.82. The minimum Gasteiger partial charge on any atom is -0.348 e. The molecule has 0 saturated heterocycles. The van der Waals surface area contributed by atoms with Crippen LogP contribution in [0.3, 0.4) is 0 Å². The topological polar surface area (TPSA) is 40.7 Å². The van der Waals surface area contributed by atoms with Crippen LogP contribution in [0.1, 0.15) is 32.5 Å². The largest absolute Gasteiger partial charge is 0.348 e. The number of aromatic nitrogens is 2. The van der Waals surface area contributed by atoms with E-state index in [1.165, 1.54) is 12.8 Å². The summed E-state index contributed by atoms with van der Waals surface area (Å²) in [5.41, 5.74) is 0. The van der Waals surface area contributed by atoms with Crippen molar-refractivity contribution in [3.8, 4) is 0 Å². The molecule has 1 aliphatic rings. The molecule has 0 aliphatic heterocycles. The van der Waals surface area contributed by atoms with Crippen molar-refractivity contribution < 1.29 is 0 Å². The van der Waals surface area contributed by atoms with E-state index in [-0.39, 0.29) is 0 Å². The van der Waals surface area contributed by atoms with Crippen molar-refractivity contribution in [3.05, 3.63) is 18.2 Å². The highest BCUT2D eigenvalue weighted by Crippen LogP contribution is 2.33. The number of hydrogen-bond donors (Lipinski definition) is 2. The molecule has 1 aromatic rings. The van der Waals surface area contributed by atoms with E-state index in [0.29, 0.717) is 6.04 Å². The lowest BCUT2D eigenvalue weighted by molar-refractivity contribution is 0.167. The van der Waals surface area contributed by atoms with Gasteiger partial charge in [0.15, 0.2) is 0 Å². The molecular weight excluding hydrogens is 174 g/mol. The van der Waals surface area contributed by atoms with Crippen molar-refractivity contribution in [2.45, 2.75) is 39.3 Å². The van der Waals surface area contributed by atoms with E-state index in [1.807, 2.05) is 6.20 Å². The zero-order valence-electron chi connectivity index (χ0n) is 8.96. The van der Waals surface area contributed by atoms with Gasteiger partial charge in [0.05, 0.1) is 6.54 Å². The zero-order valence-corrected chi connectivity index (χ0v) is 8.96. The Morgan fingerprint density at radius 2 is 2.36 bits per heavy atom. The molecule has 0 aromatic carbocycles. The SMILES string of the molecule is CC(C)C1CC(NCc2ncc[nH]2)C1. The lowest BCUT2D eigenvalue weighted by atomic mass is 9.74. The summed E-state index contributed by atoms with van der Waals surface area (Å²) in [5, 5.41) is 3.51. The Morgan fingerprint density at radius 1 is 1.57 bits per heavy atom. The summed E-state index contributed by atoms with van der Waals surface area (Å²) in [4.78, 5) is 7.28. The van der Waals surface area contributed by atoms with Gasteiger partial charge in [0.25, 0.3) is 0 Å². The van der Waals surface area contributed by atoms with E-state index >= 15 is 0 Å². The highest BCUT2D eigenvalue weighted by Gasteiger charge is 2.30. The Morgan fingerprint density at radius 3 is 2.93 bits per heavy atom. The third-order valence-corrected chi connectivity index (χ3v) is 3.23. The fraction of sp³-hybridized carbons (Fsp3) is 0.727. The molecular formula is C11H19N3. The first-order valence-corrected chi connectivity index (χ1v) is 5.47. The van der Waals surface area contributed by atoms with Gasteiger partial charge in [-0.05, 0) is 24.7 Å². The van der Waals surface area contributed by atoms with Crippen molar-refractivity contribution in [3.63, 3.8) is 0 Å². The third-order valence-electron chi connectivity index (χ3n) is 3.23. The molecule has 1 aromatic heterocycles. The van der Waals surface area contributed by atoms with Gasteiger partial charge in [0.2, 0.25) is 0 Å². The first-order chi connectivity index (χ1) is 6.75. The highest BCUT2D eigenvalue weighted by atomic mass is 15.0. The van der Waals surface area contributed by atoms with Gasteiger partial charge in [-0.3, -0.25) is 0 Å². The van der Waals surface area contributed by atoms with E-state index in [0.717, 1.165) is 24.2 Å². The molecule has 2 N–H and O–H groups in total. The number of hydrogen-bond acceptors (Lipinski definition) is 2. The van der Waals surface area contributed by atoms with Crippen LogP contribution in [0, 0.1) is 11.8 Å². The summed E-state index contributed by atoms with van der Waals surface area (Å²) in [7, 11) is 0. The molecule has 2 rings (SSSR count). The maximum Gasteiger partial charge on any atom is 0.120 e. The van der Waals surface area contributed by atoms with Gasteiger partial charge in [-0.25, -0.2) is 4.98 Å². The quantitative estimate of drug-likeness (QED) is 0.767. The van der Waals surface area contributed by atoms with Gasteiger partial charge in [0, 0.05) is 18.4 Å². The van der Waals surface area contributed by atoms with Gasteiger partial charge < -0.3 is 10.3 Å². The Bertz CT molecular complexity index is 260. The van der Waals surface area contributed by atoms with Gasteiger partial charge in [-0.1, -0.05) is 13.8 Å². The molecule has 0 unspecified atom stereocenters. The molecule has 78 valence electrons. The van der Waals surface area contributed by atoms with E-state index in [2.05, 4.69) is 29.1 Å². The second-order valence-electron chi connectivity index (χ2n) is 4.59. The Hall–Kier alpha value is -0.830. The molecule has 1 fully saturated rings. The summed E-state index contributed by atoms with van der Waals surface area (Å²) >= 11 is 0. The highest BCUT2D eigenvalue weighted by molar-refractivity contribution is 4.91. The molecule has 0 bridgehead atoms. The Balaban J connectivity index is 1.65. The molecule has 1 aliphatic carbocycles. The van der Waals surface area contributed by atoms with Crippen LogP contribution in [0.25, 0.3) is 0 Å². The summed E-state index contributed by atoms with van der Waals surface area (Å²) in [6, 6.07) is 0.715. The fourth-order valence-electron chi connectivity index (χ4n) is 2.01. The van der Waals surface area contributed by atoms with E-state index in [1.54, 1.807) is 6.20 Å². The average molecular weight is 193 g/mol. The van der Waals surface area contributed by atoms with Crippen LogP contribution in [0.5, 0.6) is 0 Å². The predicted octanol–water partition coefficient (Wildman–Crippen LogP) is 1.93. The molecule has 14 heavy (non-hydrogen) atoms. The first-order valence-electron chi connectivity index (χ1n) is 5.47. The average Bonchev–Trinajstić information content (AvgIpc) is 2.52. The lowest BCUT2D eigenvalue weighted by Crippen LogP contribution is -2.42. The number of nitrogens with one attached hydrogen (secondary N) is 2. The fourth-order valence-corrected chi connectivity index (χ4v) is 2.01. The Kier molecular flexibility index (Phi) is 2.87. The standard InChI is InChI=1S/C11H19N3/c1-8(2)9-5-10(6-9)14-7-11-12-3-4-13-11/h3-4,8-10,14H,5-7H2,1-2H3,(H,12,13). The van der Waals surface area contributed by atoms with Gasteiger partial charge in [-0.15, -0.1) is 0 Å². The minimum absolute atomic E-state index is 0.715. The van der Waals surface area contributed by atoms with Crippen LogP contribution >= 0.6 is 0 Å². The van der Waals surface area contributed by atoms with Gasteiger partial charge in [0.1, 0.15) is 5.82 Å². The smallest absolute Gasteiger partial charge is 0.120 e. The van der Waals surface area contributed by atoms with Crippen molar-refractivity contribution in [2.24, 2.45) is 11.8 Å². The number of H-pyrrole nitrogens is 1. The second-order valence-corrected chi connectivity index (χ2v) is 4.59. The monoisotopic (exact) mass is 193 g/mol. The van der Waals surface area contributed by atoms with Gasteiger partial charge >= 0.3 is 0 Å². The van der Waals surface area contributed by atoms with E-state index in [9.17, 15) is 0 Å². The van der Waals surface area contributed by atoms with Crippen LogP contribution in [-0.4, -0.2) is 16.0 Å². The maximum absolute atomic E-state index is 4.18. The van der Waals surface area contributed by atoms with Gasteiger partial charge in [-0.2, -0.15) is 0 Å². The number of rotatable bonds is 4. The van der Waals surface area contributed by atoms with Crippen LogP contribution < -0.4 is 5.32 Å². The van der Waals surface area contributed by atoms with E-state index in [4.69, 9.17) is 0 Å². The van der Waals surface area contributed by atoms with Crippen LogP contribution in [-0.2, 0) is 6.54 Å². The van der Waals surface area contributed by atoms with Crippen LogP contribution in [0.2, 0.25) is 0 Å². The summed E-state index contributed by atoms with van der Waals surface area (Å²) in [6.45, 7) is 5.50. The molecule has 0 atom stereocenters. The van der Waals surface area contributed by atoms with Crippen molar-refractivity contribution >= 4 is 0 Å². The first kappa shape index (κ1) is 9.71. The van der Waals surface area contributed by atoms with Crippen molar-refractivity contribution in [2.75, 3.05) is 0 Å².